The Bertz CT molecular complexity index is 522. The summed E-state index contributed by atoms with van der Waals surface area (Å²) in [5.41, 5.74) is 0. The Hall–Kier alpha value is -1.05. The maximum Gasteiger partial charge on any atom is 0.328 e. The second kappa shape index (κ2) is 7.29. The van der Waals surface area contributed by atoms with Gasteiger partial charge < -0.3 is 14.7 Å². The third-order valence-corrected chi connectivity index (χ3v) is 4.80. The average molecular weight is 374 g/mol. The second-order valence-electron chi connectivity index (χ2n) is 4.67. The van der Waals surface area contributed by atoms with E-state index in [1.54, 1.807) is 6.92 Å². The van der Waals surface area contributed by atoms with Crippen molar-refractivity contribution in [2.24, 2.45) is 0 Å². The van der Waals surface area contributed by atoms with Crippen LogP contribution in [0.25, 0.3) is 0 Å². The summed E-state index contributed by atoms with van der Waals surface area (Å²) in [7, 11) is 0. The zero-order valence-corrected chi connectivity index (χ0v) is 13.9. The number of halogens is 1. The molecule has 2 unspecified atom stereocenters. The number of carbonyl (C=O) groups is 2. The normalized spacial score (nSPS) is 20.1. The van der Waals surface area contributed by atoms with E-state index in [9.17, 15) is 14.7 Å². The molecule has 1 aromatic carbocycles. The maximum absolute atomic E-state index is 12.5. The van der Waals surface area contributed by atoms with E-state index < -0.39 is 12.0 Å². The molecule has 2 atom stereocenters. The number of aliphatic carboxylic acids is 1. The van der Waals surface area contributed by atoms with E-state index in [2.05, 4.69) is 15.9 Å². The van der Waals surface area contributed by atoms with Crippen LogP contribution in [0.2, 0.25) is 0 Å². The first-order valence-electron chi connectivity index (χ1n) is 6.52. The van der Waals surface area contributed by atoms with Crippen LogP contribution in [-0.4, -0.2) is 52.9 Å². The number of nitrogens with zero attached hydrogens (tertiary/aromatic N) is 1. The molecule has 2 rings (SSSR count). The maximum atomic E-state index is 12.5. The fourth-order valence-corrected chi connectivity index (χ4v) is 3.28. The smallest absolute Gasteiger partial charge is 0.328 e. The van der Waals surface area contributed by atoms with Gasteiger partial charge in [0.1, 0.15) is 0 Å². The number of rotatable bonds is 4. The minimum atomic E-state index is -1.02. The lowest BCUT2D eigenvalue weighted by Crippen LogP contribution is -2.54. The highest BCUT2D eigenvalue weighted by atomic mass is 79.9. The van der Waals surface area contributed by atoms with E-state index in [0.717, 1.165) is 9.37 Å². The molecule has 7 heteroatoms. The van der Waals surface area contributed by atoms with Crippen molar-refractivity contribution in [2.75, 3.05) is 19.8 Å². The van der Waals surface area contributed by atoms with E-state index in [1.165, 1.54) is 16.7 Å². The van der Waals surface area contributed by atoms with Gasteiger partial charge in [-0.3, -0.25) is 4.79 Å². The van der Waals surface area contributed by atoms with Crippen molar-refractivity contribution in [1.29, 1.82) is 0 Å². The van der Waals surface area contributed by atoms with Crippen molar-refractivity contribution in [1.82, 2.24) is 4.90 Å². The number of ether oxygens (including phenoxy) is 1. The number of carboxylic acid groups (broad SMARTS) is 1. The predicted molar refractivity (Wildman–Crippen MR) is 83.4 cm³/mol. The summed E-state index contributed by atoms with van der Waals surface area (Å²) in [5.74, 6) is -1.19. The molecular formula is C14H16BrNO4S. The summed E-state index contributed by atoms with van der Waals surface area (Å²) in [6.07, 6.45) is 0. The lowest BCUT2D eigenvalue weighted by molar-refractivity contribution is -0.157. The fourth-order valence-electron chi connectivity index (χ4n) is 2.07. The van der Waals surface area contributed by atoms with Gasteiger partial charge in [-0.15, -0.1) is 11.8 Å². The zero-order chi connectivity index (χ0) is 15.4. The monoisotopic (exact) mass is 373 g/mol. The molecule has 0 aliphatic carbocycles. The topological polar surface area (TPSA) is 66.8 Å². The van der Waals surface area contributed by atoms with Crippen molar-refractivity contribution in [3.8, 4) is 0 Å². The molecular weight excluding hydrogens is 358 g/mol. The van der Waals surface area contributed by atoms with Crippen LogP contribution in [-0.2, 0) is 14.3 Å². The van der Waals surface area contributed by atoms with Gasteiger partial charge >= 0.3 is 5.97 Å². The van der Waals surface area contributed by atoms with Crippen LogP contribution in [0.1, 0.15) is 6.92 Å². The molecule has 21 heavy (non-hydrogen) atoms. The highest BCUT2D eigenvalue weighted by molar-refractivity contribution is 9.10. The van der Waals surface area contributed by atoms with Crippen molar-refractivity contribution >= 4 is 39.6 Å². The van der Waals surface area contributed by atoms with Crippen LogP contribution in [0.4, 0.5) is 0 Å². The molecule has 5 nitrogen and oxygen atoms in total. The molecule has 1 aromatic rings. The molecule has 0 saturated carbocycles. The molecule has 0 bridgehead atoms. The average Bonchev–Trinajstić information content (AvgIpc) is 2.48. The third-order valence-electron chi connectivity index (χ3n) is 3.17. The molecule has 0 radical (unpaired) electrons. The first kappa shape index (κ1) is 16.3. The summed E-state index contributed by atoms with van der Waals surface area (Å²) < 4.78 is 6.13. The summed E-state index contributed by atoms with van der Waals surface area (Å²) in [6, 6.07) is 6.78. The van der Waals surface area contributed by atoms with Crippen LogP contribution in [0.15, 0.2) is 33.6 Å². The Morgan fingerprint density at radius 3 is 2.71 bits per heavy atom. The van der Waals surface area contributed by atoms with Gasteiger partial charge in [0.25, 0.3) is 0 Å². The molecule has 1 amide bonds. The number of carboxylic acids is 1. The van der Waals surface area contributed by atoms with Gasteiger partial charge in [-0.25, -0.2) is 4.79 Å². The largest absolute Gasteiger partial charge is 0.480 e. The standard InChI is InChI=1S/C14H16BrNO4S/c1-9(21-11-4-2-10(15)3-5-11)13(17)16-6-7-20-8-12(16)14(18)19/h2-5,9,12H,6-8H2,1H3,(H,18,19). The molecule has 0 spiro atoms. The molecule has 1 heterocycles. The Morgan fingerprint density at radius 2 is 2.10 bits per heavy atom. The Balaban J connectivity index is 2.03. The minimum Gasteiger partial charge on any atom is -0.480 e. The lowest BCUT2D eigenvalue weighted by atomic mass is 10.2. The second-order valence-corrected chi connectivity index (χ2v) is 7.00. The van der Waals surface area contributed by atoms with Gasteiger partial charge in [-0.1, -0.05) is 15.9 Å². The van der Waals surface area contributed by atoms with Crippen LogP contribution >= 0.6 is 27.7 Å². The van der Waals surface area contributed by atoms with E-state index >= 15 is 0 Å². The molecule has 1 N–H and O–H groups in total. The number of carbonyl (C=O) groups excluding carboxylic acids is 1. The first-order valence-corrected chi connectivity index (χ1v) is 8.19. The van der Waals surface area contributed by atoms with Crippen molar-refractivity contribution in [2.45, 2.75) is 23.1 Å². The first-order chi connectivity index (χ1) is 9.99. The number of hydrogen-bond donors (Lipinski definition) is 1. The highest BCUT2D eigenvalue weighted by Crippen LogP contribution is 2.26. The van der Waals surface area contributed by atoms with Crippen molar-refractivity contribution in [3.63, 3.8) is 0 Å². The van der Waals surface area contributed by atoms with Crippen LogP contribution in [0, 0.1) is 0 Å². The van der Waals surface area contributed by atoms with Crippen LogP contribution < -0.4 is 0 Å². The lowest BCUT2D eigenvalue weighted by Gasteiger charge is -2.34. The molecule has 1 aliphatic heterocycles. The summed E-state index contributed by atoms with van der Waals surface area (Å²) in [5, 5.41) is 8.83. The van der Waals surface area contributed by atoms with Gasteiger partial charge in [0.2, 0.25) is 5.91 Å². The van der Waals surface area contributed by atoms with Gasteiger partial charge in [0, 0.05) is 15.9 Å². The van der Waals surface area contributed by atoms with Crippen LogP contribution in [0.3, 0.4) is 0 Å². The van der Waals surface area contributed by atoms with Gasteiger partial charge in [0.15, 0.2) is 6.04 Å². The zero-order valence-electron chi connectivity index (χ0n) is 11.5. The number of hydrogen-bond acceptors (Lipinski definition) is 4. The van der Waals surface area contributed by atoms with E-state index in [1.807, 2.05) is 24.3 Å². The molecule has 114 valence electrons. The number of benzene rings is 1. The highest BCUT2D eigenvalue weighted by Gasteiger charge is 2.34. The van der Waals surface area contributed by atoms with Gasteiger partial charge in [-0.05, 0) is 31.2 Å². The van der Waals surface area contributed by atoms with Crippen LogP contribution in [0.5, 0.6) is 0 Å². The fraction of sp³-hybridized carbons (Fsp3) is 0.429. The summed E-state index contributed by atoms with van der Waals surface area (Å²) in [6.45, 7) is 2.55. The molecule has 1 aliphatic rings. The van der Waals surface area contributed by atoms with Crippen molar-refractivity contribution < 1.29 is 19.4 Å². The Labute approximate surface area is 135 Å². The molecule has 0 aromatic heterocycles. The SMILES string of the molecule is CC(Sc1ccc(Br)cc1)C(=O)N1CCOCC1C(=O)O. The van der Waals surface area contributed by atoms with E-state index in [4.69, 9.17) is 4.74 Å². The number of morpholine rings is 1. The predicted octanol–water partition coefficient (Wildman–Crippen LogP) is 2.24. The Morgan fingerprint density at radius 1 is 1.43 bits per heavy atom. The van der Waals surface area contributed by atoms with Gasteiger partial charge in [-0.2, -0.15) is 0 Å². The number of thioether (sulfide) groups is 1. The molecule has 1 fully saturated rings. The van der Waals surface area contributed by atoms with E-state index in [0.29, 0.717) is 13.2 Å². The third kappa shape index (κ3) is 4.21. The van der Waals surface area contributed by atoms with Crippen molar-refractivity contribution in [3.05, 3.63) is 28.7 Å². The number of amides is 1. The van der Waals surface area contributed by atoms with E-state index in [-0.39, 0.29) is 17.8 Å². The summed E-state index contributed by atoms with van der Waals surface area (Å²) >= 11 is 4.79. The quantitative estimate of drug-likeness (QED) is 0.819. The van der Waals surface area contributed by atoms with Gasteiger partial charge in [0.05, 0.1) is 18.5 Å². The summed E-state index contributed by atoms with van der Waals surface area (Å²) in [4.78, 5) is 26.0. The molecule has 1 saturated heterocycles. The Kier molecular flexibility index (Phi) is 5.66. The minimum absolute atomic E-state index is 0.0523.